The summed E-state index contributed by atoms with van der Waals surface area (Å²) >= 11 is 7.60. The molecule has 0 aromatic heterocycles. The number of carbonyl (C=O) groups is 1. The van der Waals surface area contributed by atoms with Crippen LogP contribution in [0.1, 0.15) is 75.0 Å². The SMILES string of the molecule is CC.Cc1ccc2c(c1Br)CCC1=CC(Br)=CNC1C2C1CCN(C(=O)CC2CCNCC2)CC1. The first kappa shape index (κ1) is 26.9. The zero-order valence-corrected chi connectivity index (χ0v) is 24.7. The van der Waals surface area contributed by atoms with Gasteiger partial charge < -0.3 is 15.5 Å². The molecule has 1 aliphatic carbocycles. The van der Waals surface area contributed by atoms with Crippen molar-refractivity contribution >= 4 is 37.8 Å². The molecule has 5 rings (SSSR count). The molecule has 192 valence electrons. The third-order valence-corrected chi connectivity index (χ3v) is 9.86. The van der Waals surface area contributed by atoms with Crippen LogP contribution >= 0.6 is 31.9 Å². The Morgan fingerprint density at radius 3 is 2.49 bits per heavy atom. The van der Waals surface area contributed by atoms with Crippen molar-refractivity contribution in [3.8, 4) is 0 Å². The zero-order valence-electron chi connectivity index (χ0n) is 21.5. The van der Waals surface area contributed by atoms with Gasteiger partial charge in [-0.05, 0) is 115 Å². The van der Waals surface area contributed by atoms with Crippen LogP contribution in [0.5, 0.6) is 0 Å². The molecule has 4 aliphatic rings. The number of nitrogens with zero attached hydrogens (tertiary/aromatic N) is 1. The Balaban J connectivity index is 0.00000141. The minimum atomic E-state index is 0.337. The molecule has 1 aromatic rings. The second kappa shape index (κ2) is 12.4. The maximum Gasteiger partial charge on any atom is 0.222 e. The van der Waals surface area contributed by atoms with E-state index in [0.717, 1.165) is 75.6 Å². The first-order chi connectivity index (χ1) is 17.0. The molecule has 0 saturated carbocycles. The smallest absolute Gasteiger partial charge is 0.222 e. The van der Waals surface area contributed by atoms with Crippen LogP contribution in [0.15, 0.2) is 38.9 Å². The second-order valence-electron chi connectivity index (χ2n) is 10.3. The van der Waals surface area contributed by atoms with Crippen LogP contribution in [0.25, 0.3) is 0 Å². The number of aryl methyl sites for hydroxylation is 1. The van der Waals surface area contributed by atoms with E-state index >= 15 is 0 Å². The number of rotatable bonds is 3. The number of benzene rings is 1. The molecular formula is C29H41Br2N3O. The number of dihydropyridines is 1. The molecule has 0 radical (unpaired) electrons. The molecule has 3 aliphatic heterocycles. The Labute approximate surface area is 228 Å². The topological polar surface area (TPSA) is 44.4 Å². The molecule has 6 heteroatoms. The van der Waals surface area contributed by atoms with Gasteiger partial charge in [0, 0.05) is 40.6 Å². The van der Waals surface area contributed by atoms with Gasteiger partial charge in [-0.15, -0.1) is 0 Å². The standard InChI is InChI=1S/C27H35Br2N3O.C2H6/c1-17-2-4-22-23(26(17)29)5-3-20-15-21(28)16-31-27(20)25(22)19-8-12-32(13-9-19)24(33)14-18-6-10-30-11-7-18;1-2/h2,4,15-16,18-19,25,27,30-31H,3,5-14H2,1H3;1-2H3. The number of hydrogen-bond acceptors (Lipinski definition) is 3. The van der Waals surface area contributed by atoms with E-state index in [9.17, 15) is 4.79 Å². The average molecular weight is 607 g/mol. The van der Waals surface area contributed by atoms with Gasteiger partial charge in [-0.3, -0.25) is 4.79 Å². The van der Waals surface area contributed by atoms with Crippen molar-refractivity contribution in [3.63, 3.8) is 0 Å². The highest BCUT2D eigenvalue weighted by molar-refractivity contribution is 9.12. The van der Waals surface area contributed by atoms with E-state index in [1.807, 2.05) is 13.8 Å². The lowest BCUT2D eigenvalue weighted by Gasteiger charge is -2.41. The van der Waals surface area contributed by atoms with Gasteiger partial charge in [-0.25, -0.2) is 0 Å². The van der Waals surface area contributed by atoms with Gasteiger partial charge in [0.05, 0.1) is 6.04 Å². The summed E-state index contributed by atoms with van der Waals surface area (Å²) in [6.45, 7) is 10.1. The van der Waals surface area contributed by atoms with Gasteiger partial charge >= 0.3 is 0 Å². The summed E-state index contributed by atoms with van der Waals surface area (Å²) in [5.41, 5.74) is 5.80. The quantitative estimate of drug-likeness (QED) is 0.409. The van der Waals surface area contributed by atoms with Gasteiger partial charge in [0.15, 0.2) is 0 Å². The number of piperidine rings is 2. The summed E-state index contributed by atoms with van der Waals surface area (Å²) in [7, 11) is 0. The minimum Gasteiger partial charge on any atom is -0.383 e. The van der Waals surface area contributed by atoms with Crippen LogP contribution in [-0.4, -0.2) is 43.0 Å². The lowest BCUT2D eigenvalue weighted by molar-refractivity contribution is -0.133. The largest absolute Gasteiger partial charge is 0.383 e. The number of halogens is 2. The first-order valence-electron chi connectivity index (χ1n) is 13.6. The number of fused-ring (bicyclic) bond motifs is 2. The summed E-state index contributed by atoms with van der Waals surface area (Å²) in [6, 6.07) is 4.99. The highest BCUT2D eigenvalue weighted by atomic mass is 79.9. The number of hydrogen-bond donors (Lipinski definition) is 2. The fourth-order valence-electron chi connectivity index (χ4n) is 6.41. The number of allylic oxidation sites excluding steroid dienone is 2. The molecule has 2 saturated heterocycles. The summed E-state index contributed by atoms with van der Waals surface area (Å²) in [5, 5.41) is 7.15. The van der Waals surface area contributed by atoms with Crippen molar-refractivity contribution in [1.82, 2.24) is 15.5 Å². The van der Waals surface area contributed by atoms with Crippen molar-refractivity contribution in [3.05, 3.63) is 55.6 Å². The Morgan fingerprint density at radius 2 is 1.77 bits per heavy atom. The van der Waals surface area contributed by atoms with Crippen LogP contribution in [0.4, 0.5) is 0 Å². The monoisotopic (exact) mass is 605 g/mol. The van der Waals surface area contributed by atoms with E-state index < -0.39 is 0 Å². The van der Waals surface area contributed by atoms with Crippen LogP contribution in [0.2, 0.25) is 0 Å². The van der Waals surface area contributed by atoms with Crippen molar-refractivity contribution in [2.24, 2.45) is 11.8 Å². The van der Waals surface area contributed by atoms with Crippen molar-refractivity contribution in [2.75, 3.05) is 26.2 Å². The van der Waals surface area contributed by atoms with Crippen molar-refractivity contribution in [1.29, 1.82) is 0 Å². The highest BCUT2D eigenvalue weighted by Gasteiger charge is 2.39. The van der Waals surface area contributed by atoms with Crippen LogP contribution in [-0.2, 0) is 11.2 Å². The molecule has 1 aromatic carbocycles. The molecule has 1 amide bonds. The molecule has 3 heterocycles. The van der Waals surface area contributed by atoms with E-state index in [1.54, 1.807) is 0 Å². The third kappa shape index (κ3) is 6.07. The van der Waals surface area contributed by atoms with Gasteiger partial charge in [-0.1, -0.05) is 41.9 Å². The fourth-order valence-corrected chi connectivity index (χ4v) is 7.40. The first-order valence-corrected chi connectivity index (χ1v) is 15.2. The zero-order chi connectivity index (χ0) is 24.9. The molecule has 2 N–H and O–H groups in total. The summed E-state index contributed by atoms with van der Waals surface area (Å²) in [5.74, 6) is 1.95. The Morgan fingerprint density at radius 1 is 1.06 bits per heavy atom. The number of amides is 1. The number of likely N-dealkylation sites (tertiary alicyclic amines) is 1. The van der Waals surface area contributed by atoms with Gasteiger partial charge in [-0.2, -0.15) is 0 Å². The summed E-state index contributed by atoms with van der Waals surface area (Å²) in [4.78, 5) is 15.2. The van der Waals surface area contributed by atoms with E-state index in [-0.39, 0.29) is 0 Å². The van der Waals surface area contributed by atoms with Gasteiger partial charge in [0.1, 0.15) is 0 Å². The van der Waals surface area contributed by atoms with Crippen molar-refractivity contribution in [2.45, 2.75) is 77.7 Å². The summed E-state index contributed by atoms with van der Waals surface area (Å²) < 4.78 is 2.41. The number of nitrogens with one attached hydrogen (secondary N) is 2. The highest BCUT2D eigenvalue weighted by Crippen LogP contribution is 2.45. The normalized spacial score (nSPS) is 25.1. The van der Waals surface area contributed by atoms with E-state index in [2.05, 4.69) is 78.7 Å². The molecule has 4 nitrogen and oxygen atoms in total. The summed E-state index contributed by atoms with van der Waals surface area (Å²) in [6.07, 6.45) is 11.8. The van der Waals surface area contributed by atoms with Gasteiger partial charge in [0.2, 0.25) is 5.91 Å². The average Bonchev–Trinajstić information content (AvgIpc) is 3.05. The molecular weight excluding hydrogens is 566 g/mol. The molecule has 2 atom stereocenters. The second-order valence-corrected chi connectivity index (χ2v) is 12.0. The molecule has 0 spiro atoms. The third-order valence-electron chi connectivity index (χ3n) is 8.30. The predicted octanol–water partition coefficient (Wildman–Crippen LogP) is 6.58. The predicted molar refractivity (Wildman–Crippen MR) is 153 cm³/mol. The fraction of sp³-hybridized carbons (Fsp3) is 0.621. The van der Waals surface area contributed by atoms with E-state index in [0.29, 0.717) is 29.7 Å². The molecule has 35 heavy (non-hydrogen) atoms. The Bertz CT molecular complexity index is 959. The van der Waals surface area contributed by atoms with Crippen molar-refractivity contribution < 1.29 is 4.79 Å². The molecule has 2 unspecified atom stereocenters. The maximum atomic E-state index is 13.0. The lowest BCUT2D eigenvalue weighted by atomic mass is 9.73. The van der Waals surface area contributed by atoms with E-state index in [4.69, 9.17) is 0 Å². The lowest BCUT2D eigenvalue weighted by Crippen LogP contribution is -2.45. The molecule has 0 bridgehead atoms. The molecule has 2 fully saturated rings. The number of carbonyl (C=O) groups excluding carboxylic acids is 1. The minimum absolute atomic E-state index is 0.337. The Hall–Kier alpha value is -1.11. The van der Waals surface area contributed by atoms with Crippen LogP contribution in [0.3, 0.4) is 0 Å². The maximum absolute atomic E-state index is 13.0. The Kier molecular flexibility index (Phi) is 9.56. The van der Waals surface area contributed by atoms with Crippen LogP contribution in [0, 0.1) is 18.8 Å². The van der Waals surface area contributed by atoms with E-state index in [1.165, 1.54) is 26.7 Å². The van der Waals surface area contributed by atoms with Crippen LogP contribution < -0.4 is 10.6 Å². The van der Waals surface area contributed by atoms with Gasteiger partial charge in [0.25, 0.3) is 0 Å².